The maximum Gasteiger partial charge on any atom is 0.306 e. The zero-order chi connectivity index (χ0) is 42.4. The van der Waals surface area contributed by atoms with Crippen molar-refractivity contribution in [2.75, 3.05) is 13.2 Å². The van der Waals surface area contributed by atoms with Crippen LogP contribution in [0.2, 0.25) is 0 Å². The number of carbonyl (C=O) groups is 3. The lowest BCUT2D eigenvalue weighted by Gasteiger charge is -2.18. The van der Waals surface area contributed by atoms with Gasteiger partial charge >= 0.3 is 17.9 Å². The zero-order valence-electron chi connectivity index (χ0n) is 39.5. The topological polar surface area (TPSA) is 78.9 Å². The molecule has 6 nitrogen and oxygen atoms in total. The summed E-state index contributed by atoms with van der Waals surface area (Å²) in [4.78, 5) is 37.8. The van der Waals surface area contributed by atoms with Crippen molar-refractivity contribution in [1.29, 1.82) is 0 Å². The number of hydrogen-bond acceptors (Lipinski definition) is 6. The summed E-state index contributed by atoms with van der Waals surface area (Å²) in [7, 11) is 0. The third kappa shape index (κ3) is 45.5. The number of ether oxygens (including phenoxy) is 3. The van der Waals surface area contributed by atoms with Gasteiger partial charge in [-0.15, -0.1) is 0 Å². The smallest absolute Gasteiger partial charge is 0.306 e. The largest absolute Gasteiger partial charge is 0.462 e. The van der Waals surface area contributed by atoms with Crippen molar-refractivity contribution in [3.8, 4) is 0 Å². The Labute approximate surface area is 361 Å². The van der Waals surface area contributed by atoms with E-state index in [0.717, 1.165) is 63.7 Å². The van der Waals surface area contributed by atoms with Gasteiger partial charge in [-0.2, -0.15) is 0 Å². The Morgan fingerprint density at radius 1 is 0.328 bits per heavy atom. The molecule has 0 rings (SSSR count). The lowest BCUT2D eigenvalue weighted by atomic mass is 10.0. The predicted molar refractivity (Wildman–Crippen MR) is 247 cm³/mol. The van der Waals surface area contributed by atoms with E-state index < -0.39 is 6.10 Å². The molecule has 0 fully saturated rings. The first kappa shape index (κ1) is 56.4. The van der Waals surface area contributed by atoms with Crippen molar-refractivity contribution in [2.24, 2.45) is 5.92 Å². The summed E-state index contributed by atoms with van der Waals surface area (Å²) in [5, 5.41) is 0. The predicted octanol–water partition coefficient (Wildman–Crippen LogP) is 16.7. The third-order valence-electron chi connectivity index (χ3n) is 11.8. The molecular weight excluding hydrogens is 721 g/mol. The molecule has 0 bridgehead atoms. The first-order valence-electron chi connectivity index (χ1n) is 25.9. The van der Waals surface area contributed by atoms with Crippen molar-refractivity contribution in [2.45, 2.75) is 297 Å². The summed E-state index contributed by atoms with van der Waals surface area (Å²) in [5.74, 6) is -0.0260. The van der Waals surface area contributed by atoms with Gasteiger partial charge < -0.3 is 14.2 Å². The summed E-state index contributed by atoms with van der Waals surface area (Å²) >= 11 is 0. The quantitative estimate of drug-likeness (QED) is 0.0346. The molecule has 0 radical (unpaired) electrons. The van der Waals surface area contributed by atoms with E-state index in [2.05, 4.69) is 27.7 Å². The van der Waals surface area contributed by atoms with Gasteiger partial charge in [0.25, 0.3) is 0 Å². The second-order valence-electron chi connectivity index (χ2n) is 18.3. The average molecular weight is 821 g/mol. The average Bonchev–Trinajstić information content (AvgIpc) is 3.21. The monoisotopic (exact) mass is 821 g/mol. The molecule has 1 atom stereocenters. The Kier molecular flexibility index (Phi) is 45.2. The maximum atomic E-state index is 12.7. The highest BCUT2D eigenvalue weighted by atomic mass is 16.6. The van der Waals surface area contributed by atoms with Crippen LogP contribution in [0, 0.1) is 5.92 Å². The Hall–Kier alpha value is -1.59. The first-order chi connectivity index (χ1) is 28.4. The van der Waals surface area contributed by atoms with Crippen LogP contribution >= 0.6 is 0 Å². The van der Waals surface area contributed by atoms with Gasteiger partial charge in [-0.25, -0.2) is 0 Å². The van der Waals surface area contributed by atoms with E-state index in [0.29, 0.717) is 19.3 Å². The molecule has 0 N–H and O–H groups in total. The highest BCUT2D eigenvalue weighted by molar-refractivity contribution is 5.71. The fourth-order valence-corrected chi connectivity index (χ4v) is 7.86. The molecule has 0 aromatic carbocycles. The van der Waals surface area contributed by atoms with Crippen molar-refractivity contribution in [1.82, 2.24) is 0 Å². The lowest BCUT2D eigenvalue weighted by Crippen LogP contribution is -2.30. The Morgan fingerprint density at radius 2 is 0.569 bits per heavy atom. The SMILES string of the molecule is CCCCCCCCCCCCCCCCCCCCCC(=O)OC[C@H](COC(=O)CCCCCCCCCCCCCC(C)C)OC(=O)CCCCCCCCC. The highest BCUT2D eigenvalue weighted by Crippen LogP contribution is 2.17. The van der Waals surface area contributed by atoms with Crippen LogP contribution in [0.1, 0.15) is 291 Å². The van der Waals surface area contributed by atoms with Crippen LogP contribution in [0.5, 0.6) is 0 Å². The Morgan fingerprint density at radius 3 is 0.845 bits per heavy atom. The number of rotatable bonds is 47. The molecule has 344 valence electrons. The molecule has 0 unspecified atom stereocenters. The van der Waals surface area contributed by atoms with Crippen molar-refractivity contribution in [3.63, 3.8) is 0 Å². The Balaban J connectivity index is 4.13. The van der Waals surface area contributed by atoms with Crippen LogP contribution in [0.25, 0.3) is 0 Å². The van der Waals surface area contributed by atoms with Crippen molar-refractivity contribution < 1.29 is 28.6 Å². The second-order valence-corrected chi connectivity index (χ2v) is 18.3. The second kappa shape index (κ2) is 46.5. The van der Waals surface area contributed by atoms with E-state index in [1.165, 1.54) is 186 Å². The van der Waals surface area contributed by atoms with Gasteiger partial charge in [0.15, 0.2) is 6.10 Å². The van der Waals surface area contributed by atoms with E-state index in [1.54, 1.807) is 0 Å². The summed E-state index contributed by atoms with van der Waals surface area (Å²) in [5.41, 5.74) is 0. The molecule has 0 aromatic heterocycles. The van der Waals surface area contributed by atoms with Crippen LogP contribution in [0.15, 0.2) is 0 Å². The molecule has 58 heavy (non-hydrogen) atoms. The van der Waals surface area contributed by atoms with E-state index in [1.807, 2.05) is 0 Å². The Bertz CT molecular complexity index is 872. The minimum atomic E-state index is -0.759. The van der Waals surface area contributed by atoms with Crippen molar-refractivity contribution in [3.05, 3.63) is 0 Å². The van der Waals surface area contributed by atoms with Gasteiger partial charge in [-0.05, 0) is 25.2 Å². The molecule has 0 saturated carbocycles. The molecule has 0 saturated heterocycles. The third-order valence-corrected chi connectivity index (χ3v) is 11.8. The van der Waals surface area contributed by atoms with Gasteiger partial charge in [0, 0.05) is 19.3 Å². The summed E-state index contributed by atoms with van der Waals surface area (Å²) in [6, 6.07) is 0. The normalized spacial score (nSPS) is 11.9. The van der Waals surface area contributed by atoms with Gasteiger partial charge in [-0.1, -0.05) is 252 Å². The molecule has 0 aliphatic heterocycles. The van der Waals surface area contributed by atoms with E-state index in [-0.39, 0.29) is 31.1 Å². The highest BCUT2D eigenvalue weighted by Gasteiger charge is 2.19. The fourth-order valence-electron chi connectivity index (χ4n) is 7.86. The summed E-state index contributed by atoms with van der Waals surface area (Å²) < 4.78 is 16.7. The number of unbranched alkanes of at least 4 members (excludes halogenated alkanes) is 34. The molecular formula is C52H100O6. The maximum absolute atomic E-state index is 12.7. The summed E-state index contributed by atoms with van der Waals surface area (Å²) in [6.07, 6.45) is 48.2. The standard InChI is InChI=1S/C52H100O6/c1-5-7-9-11-13-14-15-16-17-18-19-20-21-22-25-28-32-35-39-43-50(53)56-46-49(58-52(55)45-41-37-30-12-10-8-6-2)47-57-51(54)44-40-36-33-29-26-23-24-27-31-34-38-42-48(3)4/h48-49H,5-47H2,1-4H3/t49-/m1/s1. The lowest BCUT2D eigenvalue weighted by molar-refractivity contribution is -0.167. The van der Waals surface area contributed by atoms with Crippen LogP contribution in [0.3, 0.4) is 0 Å². The molecule has 0 aliphatic carbocycles. The number of hydrogen-bond donors (Lipinski definition) is 0. The van der Waals surface area contributed by atoms with Crippen LogP contribution in [-0.2, 0) is 28.6 Å². The molecule has 0 amide bonds. The number of esters is 3. The van der Waals surface area contributed by atoms with Crippen LogP contribution < -0.4 is 0 Å². The summed E-state index contributed by atoms with van der Waals surface area (Å²) in [6.45, 7) is 8.98. The van der Waals surface area contributed by atoms with Crippen molar-refractivity contribution >= 4 is 17.9 Å². The minimum Gasteiger partial charge on any atom is -0.462 e. The van der Waals surface area contributed by atoms with Gasteiger partial charge in [0.05, 0.1) is 0 Å². The minimum absolute atomic E-state index is 0.0636. The molecule has 0 spiro atoms. The van der Waals surface area contributed by atoms with Crippen LogP contribution in [0.4, 0.5) is 0 Å². The molecule has 0 aromatic rings. The van der Waals surface area contributed by atoms with E-state index >= 15 is 0 Å². The fraction of sp³-hybridized carbons (Fsp3) is 0.942. The van der Waals surface area contributed by atoms with Crippen LogP contribution in [-0.4, -0.2) is 37.2 Å². The van der Waals surface area contributed by atoms with E-state index in [9.17, 15) is 14.4 Å². The van der Waals surface area contributed by atoms with E-state index in [4.69, 9.17) is 14.2 Å². The van der Waals surface area contributed by atoms with Gasteiger partial charge in [0.1, 0.15) is 13.2 Å². The first-order valence-corrected chi connectivity index (χ1v) is 25.9. The van der Waals surface area contributed by atoms with Gasteiger partial charge in [-0.3, -0.25) is 14.4 Å². The molecule has 6 heteroatoms. The zero-order valence-corrected chi connectivity index (χ0v) is 39.5. The number of carbonyl (C=O) groups excluding carboxylic acids is 3. The van der Waals surface area contributed by atoms with Gasteiger partial charge in [0.2, 0.25) is 0 Å². The molecule has 0 aliphatic rings. The molecule has 0 heterocycles.